The van der Waals surface area contributed by atoms with Gasteiger partial charge in [0.25, 0.3) is 5.91 Å². The molecule has 2 atom stereocenters. The molecule has 1 aromatic rings. The maximum absolute atomic E-state index is 13.0. The number of hydrogen-bond donors (Lipinski definition) is 0. The number of rotatable bonds is 5. The first kappa shape index (κ1) is 16.9. The van der Waals surface area contributed by atoms with E-state index in [9.17, 15) is 4.79 Å². The van der Waals surface area contributed by atoms with Crippen LogP contribution in [-0.4, -0.2) is 67.2 Å². The van der Waals surface area contributed by atoms with Gasteiger partial charge in [0.2, 0.25) is 0 Å². The highest BCUT2D eigenvalue weighted by atomic mass is 16.5. The molecule has 1 aromatic carbocycles. The smallest absolute Gasteiger partial charge is 0.257 e. The molecule has 2 unspecified atom stereocenters. The molecule has 0 saturated carbocycles. The largest absolute Gasteiger partial charge is 0.490 e. The maximum atomic E-state index is 13.0. The molecule has 3 saturated heterocycles. The normalized spacial score (nSPS) is 27.1. The van der Waals surface area contributed by atoms with Crippen molar-refractivity contribution >= 4 is 5.91 Å². The number of carbonyl (C=O) groups excluding carboxylic acids is 1. The number of amides is 1. The topological polar surface area (TPSA) is 42.0 Å². The molecule has 0 aromatic heterocycles. The number of hydrogen-bond acceptors (Lipinski definition) is 4. The Bertz CT molecular complexity index is 594. The van der Waals surface area contributed by atoms with E-state index in [4.69, 9.17) is 9.47 Å². The molecule has 3 fully saturated rings. The van der Waals surface area contributed by atoms with Crippen LogP contribution in [0, 0.1) is 0 Å². The van der Waals surface area contributed by atoms with Gasteiger partial charge in [0, 0.05) is 25.7 Å². The van der Waals surface area contributed by atoms with E-state index in [1.165, 1.54) is 25.9 Å². The molecule has 0 spiro atoms. The van der Waals surface area contributed by atoms with Gasteiger partial charge in [0.05, 0.1) is 11.7 Å². The lowest BCUT2D eigenvalue weighted by molar-refractivity contribution is 0.0655. The third-order valence-corrected chi connectivity index (χ3v) is 5.67. The molecule has 0 bridgehead atoms. The van der Waals surface area contributed by atoms with Gasteiger partial charge in [-0.2, -0.15) is 0 Å². The average Bonchev–Trinajstić information content (AvgIpc) is 3.41. The lowest BCUT2D eigenvalue weighted by Gasteiger charge is -2.24. The molecular weight excluding hydrogens is 316 g/mol. The van der Waals surface area contributed by atoms with Crippen molar-refractivity contribution < 1.29 is 14.3 Å². The van der Waals surface area contributed by atoms with Crippen molar-refractivity contribution in [1.82, 2.24) is 9.80 Å². The van der Waals surface area contributed by atoms with E-state index in [0.717, 1.165) is 39.0 Å². The summed E-state index contributed by atoms with van der Waals surface area (Å²) in [5, 5.41) is 0. The Morgan fingerprint density at radius 3 is 2.76 bits per heavy atom. The summed E-state index contributed by atoms with van der Waals surface area (Å²) in [5.74, 6) is 0.789. The van der Waals surface area contributed by atoms with Crippen LogP contribution >= 0.6 is 0 Å². The summed E-state index contributed by atoms with van der Waals surface area (Å²) < 4.78 is 11.6. The van der Waals surface area contributed by atoms with Crippen LogP contribution in [0.1, 0.15) is 42.5 Å². The minimum atomic E-state index is 0.102. The zero-order chi connectivity index (χ0) is 17.1. The van der Waals surface area contributed by atoms with Crippen molar-refractivity contribution in [3.8, 4) is 5.75 Å². The van der Waals surface area contributed by atoms with Crippen molar-refractivity contribution in [1.29, 1.82) is 0 Å². The van der Waals surface area contributed by atoms with Gasteiger partial charge in [0.15, 0.2) is 0 Å². The van der Waals surface area contributed by atoms with Crippen molar-refractivity contribution in [3.05, 3.63) is 29.8 Å². The quantitative estimate of drug-likeness (QED) is 0.823. The van der Waals surface area contributed by atoms with Crippen LogP contribution in [0.15, 0.2) is 24.3 Å². The molecular formula is C20H28N2O3. The number of ether oxygens (including phenoxy) is 2. The first-order valence-electron chi connectivity index (χ1n) is 9.68. The van der Waals surface area contributed by atoms with Crippen LogP contribution in [0.4, 0.5) is 0 Å². The van der Waals surface area contributed by atoms with Crippen LogP contribution in [0.5, 0.6) is 5.75 Å². The Morgan fingerprint density at radius 2 is 1.96 bits per heavy atom. The summed E-state index contributed by atoms with van der Waals surface area (Å²) in [6, 6.07) is 8.16. The first-order chi connectivity index (χ1) is 12.3. The zero-order valence-electron chi connectivity index (χ0n) is 14.9. The fourth-order valence-corrected chi connectivity index (χ4v) is 4.23. The molecule has 5 heteroatoms. The van der Waals surface area contributed by atoms with E-state index in [2.05, 4.69) is 4.90 Å². The second-order valence-electron chi connectivity index (χ2n) is 7.38. The molecule has 1 amide bonds. The molecule has 136 valence electrons. The van der Waals surface area contributed by atoms with Crippen molar-refractivity contribution in [2.45, 2.75) is 44.2 Å². The highest BCUT2D eigenvalue weighted by Crippen LogP contribution is 2.26. The summed E-state index contributed by atoms with van der Waals surface area (Å²) in [7, 11) is 0. The Hall–Kier alpha value is -1.59. The minimum Gasteiger partial charge on any atom is -0.490 e. The molecule has 5 nitrogen and oxygen atoms in total. The van der Waals surface area contributed by atoms with Gasteiger partial charge in [-0.1, -0.05) is 12.1 Å². The number of nitrogens with zero attached hydrogens (tertiary/aromatic N) is 2. The zero-order valence-corrected chi connectivity index (χ0v) is 14.9. The Kier molecular flexibility index (Phi) is 5.22. The monoisotopic (exact) mass is 344 g/mol. The van der Waals surface area contributed by atoms with Gasteiger partial charge in [0.1, 0.15) is 12.4 Å². The fourth-order valence-electron chi connectivity index (χ4n) is 4.23. The second-order valence-corrected chi connectivity index (χ2v) is 7.38. The van der Waals surface area contributed by atoms with Gasteiger partial charge >= 0.3 is 0 Å². The third kappa shape index (κ3) is 3.82. The maximum Gasteiger partial charge on any atom is 0.257 e. The highest BCUT2D eigenvalue weighted by molar-refractivity contribution is 5.97. The van der Waals surface area contributed by atoms with Crippen LogP contribution in [-0.2, 0) is 4.74 Å². The molecule has 4 rings (SSSR count). The average molecular weight is 344 g/mol. The first-order valence-corrected chi connectivity index (χ1v) is 9.68. The summed E-state index contributed by atoms with van der Waals surface area (Å²) in [6.45, 7) is 5.42. The van der Waals surface area contributed by atoms with E-state index >= 15 is 0 Å². The number of benzene rings is 1. The lowest BCUT2D eigenvalue weighted by atomic mass is 10.1. The summed E-state index contributed by atoms with van der Waals surface area (Å²) in [6.07, 6.45) is 5.98. The summed E-state index contributed by atoms with van der Waals surface area (Å²) in [4.78, 5) is 17.6. The van der Waals surface area contributed by atoms with E-state index in [0.29, 0.717) is 24.0 Å². The van der Waals surface area contributed by atoms with E-state index < -0.39 is 0 Å². The molecule has 25 heavy (non-hydrogen) atoms. The molecule has 0 aliphatic carbocycles. The van der Waals surface area contributed by atoms with Crippen molar-refractivity contribution in [3.63, 3.8) is 0 Å². The minimum absolute atomic E-state index is 0.102. The molecule has 3 aliphatic heterocycles. The van der Waals surface area contributed by atoms with Crippen molar-refractivity contribution in [2.24, 2.45) is 0 Å². The molecule has 0 radical (unpaired) electrons. The SMILES string of the molecule is O=C(c1ccccc1OCC1CCCO1)N1CCC(N2CCCC2)C1. The predicted octanol–water partition coefficient (Wildman–Crippen LogP) is 2.55. The van der Waals surface area contributed by atoms with E-state index in [1.54, 1.807) is 0 Å². The number of carbonyl (C=O) groups is 1. The summed E-state index contributed by atoms with van der Waals surface area (Å²) in [5.41, 5.74) is 0.683. The van der Waals surface area contributed by atoms with Gasteiger partial charge < -0.3 is 14.4 Å². The molecule has 0 N–H and O–H groups in total. The number of likely N-dealkylation sites (tertiary alicyclic amines) is 2. The third-order valence-electron chi connectivity index (χ3n) is 5.67. The predicted molar refractivity (Wildman–Crippen MR) is 96.0 cm³/mol. The van der Waals surface area contributed by atoms with Gasteiger partial charge in [-0.25, -0.2) is 0 Å². The number of para-hydroxylation sites is 1. The van der Waals surface area contributed by atoms with Crippen LogP contribution < -0.4 is 4.74 Å². The summed E-state index contributed by atoms with van der Waals surface area (Å²) >= 11 is 0. The standard InChI is InChI=1S/C20H28N2O3/c23-20(22-12-9-16(14-22)21-10-3-4-11-21)18-7-1-2-8-19(18)25-15-17-6-5-13-24-17/h1-2,7-8,16-17H,3-6,9-15H2. The van der Waals surface area contributed by atoms with Crippen molar-refractivity contribution in [2.75, 3.05) is 39.4 Å². The van der Waals surface area contributed by atoms with Gasteiger partial charge in [-0.15, -0.1) is 0 Å². The highest BCUT2D eigenvalue weighted by Gasteiger charge is 2.32. The molecule has 3 heterocycles. The van der Waals surface area contributed by atoms with Crippen LogP contribution in [0.3, 0.4) is 0 Å². The van der Waals surface area contributed by atoms with E-state index in [1.807, 2.05) is 29.2 Å². The van der Waals surface area contributed by atoms with Crippen LogP contribution in [0.2, 0.25) is 0 Å². The Balaban J connectivity index is 1.39. The van der Waals surface area contributed by atoms with Crippen LogP contribution in [0.25, 0.3) is 0 Å². The van der Waals surface area contributed by atoms with Gasteiger partial charge in [-0.05, 0) is 57.3 Å². The molecule has 3 aliphatic rings. The second kappa shape index (κ2) is 7.75. The lowest BCUT2D eigenvalue weighted by Crippen LogP contribution is -2.37. The van der Waals surface area contributed by atoms with E-state index in [-0.39, 0.29) is 12.0 Å². The fraction of sp³-hybridized carbons (Fsp3) is 0.650. The Morgan fingerprint density at radius 1 is 1.12 bits per heavy atom. The Labute approximate surface area is 149 Å². The van der Waals surface area contributed by atoms with Gasteiger partial charge in [-0.3, -0.25) is 9.69 Å².